The predicted molar refractivity (Wildman–Crippen MR) is 77.8 cm³/mol. The van der Waals surface area contributed by atoms with Gasteiger partial charge in [-0.2, -0.15) is 0 Å². The van der Waals surface area contributed by atoms with Crippen molar-refractivity contribution in [3.63, 3.8) is 0 Å². The van der Waals surface area contributed by atoms with E-state index in [1.807, 2.05) is 35.7 Å². The van der Waals surface area contributed by atoms with Crippen LogP contribution in [0.25, 0.3) is 6.08 Å². The van der Waals surface area contributed by atoms with E-state index in [4.69, 9.17) is 0 Å². The molecule has 2 rings (SSSR count). The van der Waals surface area contributed by atoms with Crippen LogP contribution in [0.1, 0.15) is 10.4 Å². The summed E-state index contributed by atoms with van der Waals surface area (Å²) >= 11 is 1.55. The van der Waals surface area contributed by atoms with Gasteiger partial charge in [-0.25, -0.2) is 0 Å². The standard InChI is InChI=1S/C15H12NO2S/c17-9-3-6-12-5-1-2-8-14(12)16-15(18)11-13-7-4-10-19-13/h1-8,10H,11H2,(H,16,18)/b6-3+. The number of hydrogen-bond acceptors (Lipinski definition) is 3. The summed E-state index contributed by atoms with van der Waals surface area (Å²) in [4.78, 5) is 23.1. The summed E-state index contributed by atoms with van der Waals surface area (Å²) in [6, 6.07) is 11.2. The molecule has 1 radical (unpaired) electrons. The number of thiophene rings is 1. The number of allylic oxidation sites excluding steroid dienone is 1. The monoisotopic (exact) mass is 270 g/mol. The average molecular weight is 270 g/mol. The second-order valence-corrected chi connectivity index (χ2v) is 4.87. The van der Waals surface area contributed by atoms with Crippen molar-refractivity contribution in [3.8, 4) is 0 Å². The van der Waals surface area contributed by atoms with Gasteiger partial charge in [0.1, 0.15) is 0 Å². The van der Waals surface area contributed by atoms with Crippen molar-refractivity contribution in [2.45, 2.75) is 6.42 Å². The maximum absolute atomic E-state index is 11.9. The molecule has 4 heteroatoms. The zero-order chi connectivity index (χ0) is 13.5. The Morgan fingerprint density at radius 1 is 1.26 bits per heavy atom. The van der Waals surface area contributed by atoms with Gasteiger partial charge in [-0.3, -0.25) is 9.59 Å². The van der Waals surface area contributed by atoms with E-state index in [9.17, 15) is 9.59 Å². The van der Waals surface area contributed by atoms with Gasteiger partial charge in [-0.05, 0) is 35.2 Å². The molecule has 19 heavy (non-hydrogen) atoms. The lowest BCUT2D eigenvalue weighted by Crippen LogP contribution is -2.14. The van der Waals surface area contributed by atoms with Gasteiger partial charge in [0.25, 0.3) is 0 Å². The third-order valence-electron chi connectivity index (χ3n) is 2.48. The van der Waals surface area contributed by atoms with Gasteiger partial charge in [0, 0.05) is 10.6 Å². The topological polar surface area (TPSA) is 46.2 Å². The summed E-state index contributed by atoms with van der Waals surface area (Å²) in [5.74, 6) is -0.0709. The lowest BCUT2D eigenvalue weighted by molar-refractivity contribution is -0.115. The van der Waals surface area contributed by atoms with E-state index in [2.05, 4.69) is 5.32 Å². The van der Waals surface area contributed by atoms with E-state index in [0.717, 1.165) is 10.4 Å². The first kappa shape index (κ1) is 13.2. The molecule has 0 aliphatic heterocycles. The number of amides is 1. The molecular weight excluding hydrogens is 258 g/mol. The lowest BCUT2D eigenvalue weighted by Gasteiger charge is -2.07. The van der Waals surface area contributed by atoms with Crippen LogP contribution in [0, 0.1) is 0 Å². The smallest absolute Gasteiger partial charge is 0.229 e. The molecule has 0 spiro atoms. The van der Waals surface area contributed by atoms with Crippen LogP contribution in [0.2, 0.25) is 0 Å². The minimum atomic E-state index is -0.0709. The van der Waals surface area contributed by atoms with Gasteiger partial charge in [0.15, 0.2) is 0 Å². The van der Waals surface area contributed by atoms with Crippen LogP contribution in [-0.4, -0.2) is 12.2 Å². The number of nitrogens with one attached hydrogen (secondary N) is 1. The third kappa shape index (κ3) is 3.89. The molecule has 95 valence electrons. The van der Waals surface area contributed by atoms with Gasteiger partial charge in [0.05, 0.1) is 6.42 Å². The maximum Gasteiger partial charge on any atom is 0.229 e. The van der Waals surface area contributed by atoms with E-state index in [0.29, 0.717) is 12.1 Å². The molecular formula is C15H12NO2S. The molecule has 0 fully saturated rings. The highest BCUT2D eigenvalue weighted by Crippen LogP contribution is 2.17. The van der Waals surface area contributed by atoms with Crippen LogP contribution in [0.15, 0.2) is 47.9 Å². The van der Waals surface area contributed by atoms with Crippen molar-refractivity contribution in [2.75, 3.05) is 5.32 Å². The number of para-hydroxylation sites is 1. The zero-order valence-electron chi connectivity index (χ0n) is 10.1. The molecule has 2 aromatic rings. The molecule has 1 aromatic heterocycles. The second-order valence-electron chi connectivity index (χ2n) is 3.84. The summed E-state index contributed by atoms with van der Waals surface area (Å²) in [5.41, 5.74) is 1.47. The summed E-state index contributed by atoms with van der Waals surface area (Å²) in [7, 11) is 0. The van der Waals surface area contributed by atoms with Gasteiger partial charge >= 0.3 is 0 Å². The highest BCUT2D eigenvalue weighted by Gasteiger charge is 2.06. The van der Waals surface area contributed by atoms with E-state index in [-0.39, 0.29) is 5.91 Å². The Morgan fingerprint density at radius 2 is 2.11 bits per heavy atom. The molecule has 1 heterocycles. The minimum Gasteiger partial charge on any atom is -0.325 e. The van der Waals surface area contributed by atoms with Crippen LogP contribution < -0.4 is 5.32 Å². The molecule has 0 unspecified atom stereocenters. The molecule has 1 amide bonds. The van der Waals surface area contributed by atoms with Crippen molar-refractivity contribution < 1.29 is 9.59 Å². The van der Waals surface area contributed by atoms with Gasteiger partial charge in [-0.1, -0.05) is 24.3 Å². The number of rotatable bonds is 5. The third-order valence-corrected chi connectivity index (χ3v) is 3.36. The fraction of sp³-hybridized carbons (Fsp3) is 0.0667. The first-order chi connectivity index (χ1) is 9.29. The molecule has 1 aromatic carbocycles. The minimum absolute atomic E-state index is 0.0709. The van der Waals surface area contributed by atoms with Crippen LogP contribution >= 0.6 is 11.3 Å². The highest BCUT2D eigenvalue weighted by atomic mass is 32.1. The van der Waals surface area contributed by atoms with Crippen molar-refractivity contribution in [1.29, 1.82) is 0 Å². The molecule has 0 saturated heterocycles. The second kappa shape index (κ2) is 6.66. The fourth-order valence-corrected chi connectivity index (χ4v) is 2.35. The molecule has 0 atom stereocenters. The normalized spacial score (nSPS) is 10.5. The largest absolute Gasteiger partial charge is 0.325 e. The van der Waals surface area contributed by atoms with Crippen LogP contribution in [0.5, 0.6) is 0 Å². The molecule has 0 saturated carbocycles. The average Bonchev–Trinajstić information content (AvgIpc) is 2.90. The Bertz CT molecular complexity index is 588. The van der Waals surface area contributed by atoms with Crippen molar-refractivity contribution in [2.24, 2.45) is 0 Å². The number of carbonyl (C=O) groups excluding carboxylic acids is 2. The molecule has 0 bridgehead atoms. The predicted octanol–water partition coefficient (Wildman–Crippen LogP) is 3.05. The van der Waals surface area contributed by atoms with E-state index < -0.39 is 0 Å². The number of carbonyl (C=O) groups is 1. The number of hydrogen-bond donors (Lipinski definition) is 1. The summed E-state index contributed by atoms with van der Waals surface area (Å²) < 4.78 is 0. The van der Waals surface area contributed by atoms with Crippen LogP contribution in [0.3, 0.4) is 0 Å². The Morgan fingerprint density at radius 3 is 2.84 bits per heavy atom. The number of anilines is 1. The zero-order valence-corrected chi connectivity index (χ0v) is 10.9. The SMILES string of the molecule is O=[C]/C=C/c1ccccc1NC(=O)Cc1cccs1. The lowest BCUT2D eigenvalue weighted by atomic mass is 10.1. The van der Waals surface area contributed by atoms with Crippen molar-refractivity contribution in [1.82, 2.24) is 0 Å². The van der Waals surface area contributed by atoms with E-state index >= 15 is 0 Å². The van der Waals surface area contributed by atoms with Gasteiger partial charge in [0.2, 0.25) is 12.2 Å². The van der Waals surface area contributed by atoms with Crippen LogP contribution in [-0.2, 0) is 16.0 Å². The Kier molecular flexibility index (Phi) is 4.64. The van der Waals surface area contributed by atoms with Crippen molar-refractivity contribution in [3.05, 3.63) is 58.3 Å². The van der Waals surface area contributed by atoms with Gasteiger partial charge < -0.3 is 5.32 Å². The fourth-order valence-electron chi connectivity index (χ4n) is 1.65. The Hall–Kier alpha value is -2.20. The highest BCUT2D eigenvalue weighted by molar-refractivity contribution is 7.10. The Balaban J connectivity index is 2.08. The molecule has 0 aliphatic carbocycles. The molecule has 1 N–H and O–H groups in total. The first-order valence-corrected chi connectivity index (χ1v) is 6.63. The maximum atomic E-state index is 11.9. The van der Waals surface area contributed by atoms with Gasteiger partial charge in [-0.15, -0.1) is 11.3 Å². The summed E-state index contributed by atoms with van der Waals surface area (Å²) in [5, 5.41) is 4.79. The quantitative estimate of drug-likeness (QED) is 0.849. The molecule has 3 nitrogen and oxygen atoms in total. The number of benzene rings is 1. The Labute approximate surface area is 115 Å². The van der Waals surface area contributed by atoms with Crippen LogP contribution in [0.4, 0.5) is 5.69 Å². The molecule has 0 aliphatic rings. The van der Waals surface area contributed by atoms with Crippen molar-refractivity contribution >= 4 is 35.3 Å². The summed E-state index contributed by atoms with van der Waals surface area (Å²) in [6.07, 6.45) is 4.95. The van der Waals surface area contributed by atoms with E-state index in [1.54, 1.807) is 29.8 Å². The first-order valence-electron chi connectivity index (χ1n) is 5.75. The van der Waals surface area contributed by atoms with E-state index in [1.165, 1.54) is 6.08 Å². The summed E-state index contributed by atoms with van der Waals surface area (Å²) in [6.45, 7) is 0.